The van der Waals surface area contributed by atoms with E-state index in [1.165, 1.54) is 25.7 Å². The Morgan fingerprint density at radius 3 is 2.65 bits per heavy atom. The van der Waals surface area contributed by atoms with Gasteiger partial charge in [-0.25, -0.2) is 4.98 Å². The monoisotopic (exact) mass is 277 g/mol. The van der Waals surface area contributed by atoms with Gasteiger partial charge in [-0.1, -0.05) is 19.8 Å². The van der Waals surface area contributed by atoms with Gasteiger partial charge in [0.2, 0.25) is 5.95 Å². The van der Waals surface area contributed by atoms with Crippen LogP contribution in [0.1, 0.15) is 39.0 Å². The fourth-order valence-electron chi connectivity index (χ4n) is 2.85. The number of anilines is 2. The van der Waals surface area contributed by atoms with Crippen LogP contribution in [0.15, 0.2) is 12.3 Å². The van der Waals surface area contributed by atoms with Crippen molar-refractivity contribution in [1.29, 1.82) is 0 Å². The third-order valence-corrected chi connectivity index (χ3v) is 4.27. The molecule has 2 rings (SSSR count). The Morgan fingerprint density at radius 2 is 2.00 bits per heavy atom. The summed E-state index contributed by atoms with van der Waals surface area (Å²) >= 11 is 0. The van der Waals surface area contributed by atoms with Gasteiger partial charge < -0.3 is 15.5 Å². The molecule has 0 bridgehead atoms. The van der Waals surface area contributed by atoms with Crippen LogP contribution in [0.5, 0.6) is 0 Å². The predicted octanol–water partition coefficient (Wildman–Crippen LogP) is 2.58. The second-order valence-electron chi connectivity index (χ2n) is 5.87. The van der Waals surface area contributed by atoms with Gasteiger partial charge in [-0.3, -0.25) is 0 Å². The molecule has 0 unspecified atom stereocenters. The predicted molar refractivity (Wildman–Crippen MR) is 84.2 cm³/mol. The molecule has 1 aromatic heterocycles. The molecule has 20 heavy (non-hydrogen) atoms. The molecule has 0 saturated heterocycles. The lowest BCUT2D eigenvalue weighted by atomic mass is 9.96. The van der Waals surface area contributed by atoms with Crippen LogP contribution in [0, 0.1) is 0 Å². The molecular formula is C15H27N5. The summed E-state index contributed by atoms with van der Waals surface area (Å²) in [6.45, 7) is 3.99. The zero-order chi connectivity index (χ0) is 14.4. The van der Waals surface area contributed by atoms with E-state index in [1.54, 1.807) is 0 Å². The van der Waals surface area contributed by atoms with Gasteiger partial charge in [0.15, 0.2) is 0 Å². The smallest absolute Gasteiger partial charge is 0.224 e. The molecule has 1 aromatic rings. The van der Waals surface area contributed by atoms with Crippen molar-refractivity contribution in [2.75, 3.05) is 37.8 Å². The van der Waals surface area contributed by atoms with Crippen LogP contribution in [0.4, 0.5) is 11.8 Å². The molecule has 1 aliphatic rings. The highest BCUT2D eigenvalue weighted by Crippen LogP contribution is 2.33. The van der Waals surface area contributed by atoms with E-state index < -0.39 is 0 Å². The SMILES string of the molecule is CCCNc1nccc(NCC2(N(C)C)CCCC2)n1. The molecule has 0 atom stereocenters. The van der Waals surface area contributed by atoms with Gasteiger partial charge >= 0.3 is 0 Å². The summed E-state index contributed by atoms with van der Waals surface area (Å²) in [6, 6.07) is 1.94. The first-order valence-electron chi connectivity index (χ1n) is 7.64. The van der Waals surface area contributed by atoms with E-state index in [0.717, 1.165) is 25.3 Å². The van der Waals surface area contributed by atoms with Crippen molar-refractivity contribution in [3.05, 3.63) is 12.3 Å². The molecule has 112 valence electrons. The maximum absolute atomic E-state index is 4.51. The molecule has 0 aromatic carbocycles. The third-order valence-electron chi connectivity index (χ3n) is 4.27. The first kappa shape index (κ1) is 15.0. The molecule has 5 heteroatoms. The summed E-state index contributed by atoms with van der Waals surface area (Å²) in [5.41, 5.74) is 0.280. The summed E-state index contributed by atoms with van der Waals surface area (Å²) in [5, 5.41) is 6.72. The molecule has 0 radical (unpaired) electrons. The average Bonchev–Trinajstić information content (AvgIpc) is 2.94. The second-order valence-corrected chi connectivity index (χ2v) is 5.87. The lowest BCUT2D eigenvalue weighted by Crippen LogP contribution is -2.47. The number of hydrogen-bond donors (Lipinski definition) is 2. The Labute approximate surface area is 122 Å². The quantitative estimate of drug-likeness (QED) is 0.802. The molecular weight excluding hydrogens is 250 g/mol. The summed E-state index contributed by atoms with van der Waals surface area (Å²) in [6.07, 6.45) is 8.06. The third kappa shape index (κ3) is 3.60. The normalized spacial score (nSPS) is 17.4. The minimum Gasteiger partial charge on any atom is -0.368 e. The standard InChI is InChI=1S/C15H27N5/c1-4-10-16-14-17-11-7-13(19-14)18-12-15(20(2)3)8-5-6-9-15/h7,11H,4-6,8-10,12H2,1-3H3,(H2,16,17,18,19). The van der Waals surface area contributed by atoms with E-state index in [1.807, 2.05) is 12.3 Å². The van der Waals surface area contributed by atoms with Gasteiger partial charge in [0.1, 0.15) is 5.82 Å². The van der Waals surface area contributed by atoms with Crippen molar-refractivity contribution in [3.63, 3.8) is 0 Å². The summed E-state index contributed by atoms with van der Waals surface area (Å²) in [7, 11) is 4.36. The van der Waals surface area contributed by atoms with E-state index in [4.69, 9.17) is 0 Å². The Balaban J connectivity index is 1.95. The van der Waals surface area contributed by atoms with E-state index in [9.17, 15) is 0 Å². The minimum atomic E-state index is 0.280. The number of nitrogens with zero attached hydrogens (tertiary/aromatic N) is 3. The topological polar surface area (TPSA) is 53.1 Å². The lowest BCUT2D eigenvalue weighted by Gasteiger charge is -2.36. The van der Waals surface area contributed by atoms with Crippen molar-refractivity contribution in [3.8, 4) is 0 Å². The number of nitrogens with one attached hydrogen (secondary N) is 2. The number of likely N-dealkylation sites (N-methyl/N-ethyl adjacent to an activating group) is 1. The van der Waals surface area contributed by atoms with Gasteiger partial charge in [0.25, 0.3) is 0 Å². The fraction of sp³-hybridized carbons (Fsp3) is 0.733. The van der Waals surface area contributed by atoms with E-state index in [-0.39, 0.29) is 5.54 Å². The molecule has 1 heterocycles. The van der Waals surface area contributed by atoms with Crippen LogP contribution < -0.4 is 10.6 Å². The van der Waals surface area contributed by atoms with Crippen LogP contribution >= 0.6 is 0 Å². The molecule has 0 spiro atoms. The maximum atomic E-state index is 4.51. The Morgan fingerprint density at radius 1 is 1.25 bits per heavy atom. The van der Waals surface area contributed by atoms with Gasteiger partial charge in [-0.2, -0.15) is 4.98 Å². The molecule has 5 nitrogen and oxygen atoms in total. The van der Waals surface area contributed by atoms with E-state index >= 15 is 0 Å². The maximum Gasteiger partial charge on any atom is 0.224 e. The fourth-order valence-corrected chi connectivity index (χ4v) is 2.85. The van der Waals surface area contributed by atoms with Gasteiger partial charge in [0, 0.05) is 24.8 Å². The number of rotatable bonds is 7. The molecule has 0 aliphatic heterocycles. The minimum absolute atomic E-state index is 0.280. The van der Waals surface area contributed by atoms with Crippen LogP contribution in [0.25, 0.3) is 0 Å². The first-order valence-corrected chi connectivity index (χ1v) is 7.64. The van der Waals surface area contributed by atoms with Crippen molar-refractivity contribution >= 4 is 11.8 Å². The summed E-state index contributed by atoms with van der Waals surface area (Å²) in [5.74, 6) is 1.62. The van der Waals surface area contributed by atoms with Gasteiger partial charge in [-0.15, -0.1) is 0 Å². The number of hydrogen-bond acceptors (Lipinski definition) is 5. The van der Waals surface area contributed by atoms with Gasteiger partial charge in [-0.05, 0) is 39.4 Å². The highest BCUT2D eigenvalue weighted by molar-refractivity contribution is 5.40. The largest absolute Gasteiger partial charge is 0.368 e. The van der Waals surface area contributed by atoms with Crippen molar-refractivity contribution in [1.82, 2.24) is 14.9 Å². The highest BCUT2D eigenvalue weighted by Gasteiger charge is 2.35. The number of aromatic nitrogens is 2. The summed E-state index contributed by atoms with van der Waals surface area (Å²) in [4.78, 5) is 11.1. The van der Waals surface area contributed by atoms with E-state index in [2.05, 4.69) is 46.5 Å². The molecule has 1 saturated carbocycles. The Kier molecular flexibility index (Phi) is 5.17. The van der Waals surface area contributed by atoms with Crippen LogP contribution in [0.2, 0.25) is 0 Å². The second kappa shape index (κ2) is 6.88. The lowest BCUT2D eigenvalue weighted by molar-refractivity contribution is 0.172. The molecule has 0 amide bonds. The van der Waals surface area contributed by atoms with Crippen LogP contribution in [0.3, 0.4) is 0 Å². The van der Waals surface area contributed by atoms with Crippen LogP contribution in [-0.4, -0.2) is 47.6 Å². The Hall–Kier alpha value is -1.36. The van der Waals surface area contributed by atoms with Gasteiger partial charge in [0.05, 0.1) is 0 Å². The zero-order valence-electron chi connectivity index (χ0n) is 12.9. The molecule has 1 aliphatic carbocycles. The average molecular weight is 277 g/mol. The van der Waals surface area contributed by atoms with E-state index in [0.29, 0.717) is 5.95 Å². The van der Waals surface area contributed by atoms with Crippen molar-refractivity contribution < 1.29 is 0 Å². The summed E-state index contributed by atoms with van der Waals surface area (Å²) < 4.78 is 0. The molecule has 2 N–H and O–H groups in total. The molecule has 1 fully saturated rings. The zero-order valence-corrected chi connectivity index (χ0v) is 12.9. The first-order chi connectivity index (χ1) is 9.66. The van der Waals surface area contributed by atoms with Crippen molar-refractivity contribution in [2.24, 2.45) is 0 Å². The van der Waals surface area contributed by atoms with Crippen molar-refractivity contribution in [2.45, 2.75) is 44.6 Å². The Bertz CT molecular complexity index is 412. The van der Waals surface area contributed by atoms with Crippen LogP contribution in [-0.2, 0) is 0 Å². The highest BCUT2D eigenvalue weighted by atomic mass is 15.2.